The Kier molecular flexibility index (Phi) is 4.44. The zero-order valence-corrected chi connectivity index (χ0v) is 13.3. The zero-order valence-electron chi connectivity index (χ0n) is 13.3. The van der Waals surface area contributed by atoms with Gasteiger partial charge in [-0.15, -0.1) is 12.3 Å². The average molecular weight is 315 g/mol. The summed E-state index contributed by atoms with van der Waals surface area (Å²) in [4.78, 5) is 12.1. The van der Waals surface area contributed by atoms with Crippen LogP contribution in [0.15, 0.2) is 16.4 Å². The topological polar surface area (TPSA) is 80.9 Å². The van der Waals surface area contributed by atoms with Crippen LogP contribution in [0.25, 0.3) is 0 Å². The molecule has 0 bridgehead atoms. The molecular weight excluding hydrogens is 294 g/mol. The molecule has 1 aromatic rings. The van der Waals surface area contributed by atoms with Crippen molar-refractivity contribution in [1.82, 2.24) is 9.78 Å². The second-order valence-corrected chi connectivity index (χ2v) is 6.04. The first kappa shape index (κ1) is 15.7. The van der Waals surface area contributed by atoms with E-state index in [1.807, 2.05) is 11.6 Å². The fourth-order valence-corrected chi connectivity index (χ4v) is 2.82. The van der Waals surface area contributed by atoms with E-state index in [1.54, 1.807) is 6.20 Å². The number of hydrogen-bond acceptors (Lipinski definition) is 5. The molecule has 2 aliphatic heterocycles. The summed E-state index contributed by atoms with van der Waals surface area (Å²) in [7, 11) is 0. The molecule has 1 fully saturated rings. The number of nitrogens with zero attached hydrogens (tertiary/aromatic N) is 4. The van der Waals surface area contributed by atoms with Gasteiger partial charge in [0.15, 0.2) is 5.66 Å². The third-order valence-corrected chi connectivity index (χ3v) is 4.38. The summed E-state index contributed by atoms with van der Waals surface area (Å²) in [6.45, 7) is 3.40. The molecule has 1 N–H and O–H groups in total. The lowest BCUT2D eigenvalue weighted by molar-refractivity contribution is -0.116. The average Bonchev–Trinajstić information content (AvgIpc) is 2.93. The normalized spacial score (nSPS) is 21.1. The SMILES string of the molecule is C#CCCC1(CCC(=O)Nc2cnn(C3CCOC3)c2C)N=N1. The molecule has 1 saturated heterocycles. The van der Waals surface area contributed by atoms with E-state index in [-0.39, 0.29) is 11.9 Å². The first-order chi connectivity index (χ1) is 11.1. The van der Waals surface area contributed by atoms with Gasteiger partial charge in [0.25, 0.3) is 0 Å². The van der Waals surface area contributed by atoms with Gasteiger partial charge in [0.2, 0.25) is 5.91 Å². The van der Waals surface area contributed by atoms with E-state index in [2.05, 4.69) is 26.6 Å². The maximum Gasteiger partial charge on any atom is 0.224 e. The monoisotopic (exact) mass is 315 g/mol. The number of nitrogens with one attached hydrogen (secondary N) is 1. The molecule has 1 atom stereocenters. The number of rotatable bonds is 7. The fourth-order valence-electron chi connectivity index (χ4n) is 2.82. The summed E-state index contributed by atoms with van der Waals surface area (Å²) in [5, 5.41) is 15.4. The summed E-state index contributed by atoms with van der Waals surface area (Å²) >= 11 is 0. The Morgan fingerprint density at radius 1 is 1.57 bits per heavy atom. The number of hydrogen-bond donors (Lipinski definition) is 1. The van der Waals surface area contributed by atoms with Gasteiger partial charge in [-0.2, -0.15) is 15.3 Å². The van der Waals surface area contributed by atoms with E-state index in [0.717, 1.165) is 30.8 Å². The van der Waals surface area contributed by atoms with Crippen molar-refractivity contribution < 1.29 is 9.53 Å². The molecule has 0 radical (unpaired) electrons. The summed E-state index contributed by atoms with van der Waals surface area (Å²) in [6.07, 6.45) is 10.2. The van der Waals surface area contributed by atoms with Gasteiger partial charge in [-0.3, -0.25) is 9.48 Å². The number of aromatic nitrogens is 2. The van der Waals surface area contributed by atoms with Gasteiger partial charge in [0.05, 0.1) is 30.2 Å². The van der Waals surface area contributed by atoms with Crippen molar-refractivity contribution in [3.63, 3.8) is 0 Å². The zero-order chi connectivity index (χ0) is 16.3. The van der Waals surface area contributed by atoms with Crippen LogP contribution in [0.4, 0.5) is 5.69 Å². The van der Waals surface area contributed by atoms with E-state index < -0.39 is 5.66 Å². The van der Waals surface area contributed by atoms with Crippen LogP contribution >= 0.6 is 0 Å². The van der Waals surface area contributed by atoms with E-state index in [9.17, 15) is 4.79 Å². The van der Waals surface area contributed by atoms with E-state index in [4.69, 9.17) is 11.2 Å². The van der Waals surface area contributed by atoms with Crippen LogP contribution in [0.3, 0.4) is 0 Å². The number of amides is 1. The molecule has 1 unspecified atom stereocenters. The molecule has 0 aromatic carbocycles. The van der Waals surface area contributed by atoms with E-state index >= 15 is 0 Å². The van der Waals surface area contributed by atoms with Crippen molar-refractivity contribution >= 4 is 11.6 Å². The Balaban J connectivity index is 1.51. The van der Waals surface area contributed by atoms with Crippen LogP contribution in [-0.4, -0.2) is 34.6 Å². The van der Waals surface area contributed by atoms with Crippen molar-refractivity contribution in [1.29, 1.82) is 0 Å². The summed E-state index contributed by atoms with van der Waals surface area (Å²) in [5.41, 5.74) is 1.30. The minimum Gasteiger partial charge on any atom is -0.379 e. The molecule has 3 heterocycles. The Morgan fingerprint density at radius 2 is 2.39 bits per heavy atom. The van der Waals surface area contributed by atoms with Crippen LogP contribution in [0.1, 0.15) is 43.8 Å². The second-order valence-electron chi connectivity index (χ2n) is 6.04. The molecule has 122 valence electrons. The predicted molar refractivity (Wildman–Crippen MR) is 85.0 cm³/mol. The number of ether oxygens (including phenoxy) is 1. The number of terminal acetylenes is 1. The lowest BCUT2D eigenvalue weighted by atomic mass is 10.0. The highest BCUT2D eigenvalue weighted by Crippen LogP contribution is 2.37. The lowest BCUT2D eigenvalue weighted by Gasteiger charge is -2.12. The molecular formula is C16H21N5O2. The van der Waals surface area contributed by atoms with Crippen LogP contribution < -0.4 is 5.32 Å². The van der Waals surface area contributed by atoms with E-state index in [0.29, 0.717) is 25.9 Å². The van der Waals surface area contributed by atoms with Crippen molar-refractivity contribution in [2.45, 2.75) is 50.7 Å². The highest BCUT2D eigenvalue weighted by Gasteiger charge is 2.39. The first-order valence-corrected chi connectivity index (χ1v) is 7.93. The first-order valence-electron chi connectivity index (χ1n) is 7.93. The number of carbonyl (C=O) groups is 1. The maximum atomic E-state index is 12.1. The predicted octanol–water partition coefficient (Wildman–Crippen LogP) is 2.45. The molecule has 1 aromatic heterocycles. The smallest absolute Gasteiger partial charge is 0.224 e. The third kappa shape index (κ3) is 3.59. The quantitative estimate of drug-likeness (QED) is 0.785. The fraction of sp³-hybridized carbons (Fsp3) is 0.625. The number of carbonyl (C=O) groups excluding carboxylic acids is 1. The summed E-state index contributed by atoms with van der Waals surface area (Å²) in [6, 6.07) is 0.261. The summed E-state index contributed by atoms with van der Waals surface area (Å²) in [5.74, 6) is 2.54. The van der Waals surface area contributed by atoms with Gasteiger partial charge < -0.3 is 10.1 Å². The van der Waals surface area contributed by atoms with Crippen molar-refractivity contribution in [3.8, 4) is 12.3 Å². The Bertz CT molecular complexity index is 646. The van der Waals surface area contributed by atoms with Crippen LogP contribution in [0.5, 0.6) is 0 Å². The van der Waals surface area contributed by atoms with Crippen molar-refractivity contribution in [2.24, 2.45) is 10.2 Å². The standard InChI is InChI=1S/C16H21N5O2/c1-3-4-7-16(19-20-16)8-5-15(22)18-14-10-17-21(12(14)2)13-6-9-23-11-13/h1,10,13H,4-9,11H2,2H3,(H,18,22). The van der Waals surface area contributed by atoms with Gasteiger partial charge in [0, 0.05) is 32.3 Å². The molecule has 7 heteroatoms. The Morgan fingerprint density at radius 3 is 3.04 bits per heavy atom. The van der Waals surface area contributed by atoms with Gasteiger partial charge in [-0.1, -0.05) is 0 Å². The van der Waals surface area contributed by atoms with Crippen LogP contribution in [0.2, 0.25) is 0 Å². The molecule has 0 saturated carbocycles. The van der Waals surface area contributed by atoms with Crippen molar-refractivity contribution in [2.75, 3.05) is 18.5 Å². The van der Waals surface area contributed by atoms with Gasteiger partial charge >= 0.3 is 0 Å². The summed E-state index contributed by atoms with van der Waals surface area (Å²) < 4.78 is 7.32. The minimum atomic E-state index is -0.413. The lowest BCUT2D eigenvalue weighted by Crippen LogP contribution is -2.18. The largest absolute Gasteiger partial charge is 0.379 e. The number of anilines is 1. The van der Waals surface area contributed by atoms with Crippen LogP contribution in [0, 0.1) is 19.3 Å². The van der Waals surface area contributed by atoms with Gasteiger partial charge in [-0.25, -0.2) is 0 Å². The third-order valence-electron chi connectivity index (χ3n) is 4.38. The highest BCUT2D eigenvalue weighted by atomic mass is 16.5. The van der Waals surface area contributed by atoms with Gasteiger partial charge in [-0.05, 0) is 13.3 Å². The highest BCUT2D eigenvalue weighted by molar-refractivity contribution is 5.91. The van der Waals surface area contributed by atoms with Crippen LogP contribution in [-0.2, 0) is 9.53 Å². The maximum absolute atomic E-state index is 12.1. The molecule has 7 nitrogen and oxygen atoms in total. The molecule has 23 heavy (non-hydrogen) atoms. The van der Waals surface area contributed by atoms with Crippen molar-refractivity contribution in [3.05, 3.63) is 11.9 Å². The molecule has 3 rings (SSSR count). The Labute approximate surface area is 135 Å². The molecule has 0 aliphatic carbocycles. The molecule has 2 aliphatic rings. The second kappa shape index (κ2) is 6.50. The minimum absolute atomic E-state index is 0.0484. The molecule has 1 amide bonds. The van der Waals surface area contributed by atoms with E-state index in [1.165, 1.54) is 0 Å². The van der Waals surface area contributed by atoms with Gasteiger partial charge in [0.1, 0.15) is 0 Å². The Hall–Kier alpha value is -2.20. The molecule has 0 spiro atoms.